The summed E-state index contributed by atoms with van der Waals surface area (Å²) >= 11 is 0.998. The Morgan fingerprint density at radius 2 is 1.24 bits per heavy atom. The molecule has 5 rings (SSSR count). The third-order valence-electron chi connectivity index (χ3n) is 21.5. The van der Waals surface area contributed by atoms with Gasteiger partial charge >= 0.3 is 19.6 Å². The van der Waals surface area contributed by atoms with Gasteiger partial charge < -0.3 is 92.9 Å². The minimum Gasteiger partial charge on any atom is -0.481 e. The van der Waals surface area contributed by atoms with Crippen molar-refractivity contribution in [2.75, 3.05) is 102 Å². The van der Waals surface area contributed by atoms with Crippen LogP contribution in [0.15, 0.2) is 79.1 Å². The number of nitrogens with zero attached hydrogens (tertiary/aromatic N) is 2. The van der Waals surface area contributed by atoms with Crippen LogP contribution in [0.3, 0.4) is 0 Å². The molecule has 2 fully saturated rings. The summed E-state index contributed by atoms with van der Waals surface area (Å²) in [4.78, 5) is 230. The van der Waals surface area contributed by atoms with Crippen molar-refractivity contribution in [3.05, 3.63) is 95.8 Å². The molecule has 11 amide bonds. The number of rotatable bonds is 68. The Balaban J connectivity index is 0.886. The van der Waals surface area contributed by atoms with Crippen LogP contribution >= 0.6 is 19.4 Å². The summed E-state index contributed by atoms with van der Waals surface area (Å²) in [5.41, 5.74) is 13.8. The number of ether oxygens (including phenoxy) is 4. The number of aryl methyl sites for hydroxylation is 1. The second-order valence-corrected chi connectivity index (χ2v) is 35.3. The highest BCUT2D eigenvalue weighted by Gasteiger charge is 2.44. The number of primary amides is 1. The first-order chi connectivity index (χ1) is 60.6. The number of unbranched alkanes of at least 4 members (excludes halogenated alkanes) is 3. The van der Waals surface area contributed by atoms with Crippen LogP contribution in [0.2, 0.25) is 0 Å². The molecule has 39 heteroatoms. The van der Waals surface area contributed by atoms with Crippen molar-refractivity contribution in [1.29, 1.82) is 0 Å². The Kier molecular flexibility index (Phi) is 50.2. The Hall–Kier alpha value is -9.89. The lowest BCUT2D eigenvalue weighted by Crippen LogP contribution is -2.49. The number of ketones is 5. The van der Waals surface area contributed by atoms with Gasteiger partial charge in [-0.15, -0.1) is 11.8 Å². The van der Waals surface area contributed by atoms with Crippen molar-refractivity contribution in [3.63, 3.8) is 0 Å². The number of amides is 11. The highest BCUT2D eigenvalue weighted by Crippen LogP contribution is 2.51. The summed E-state index contributed by atoms with van der Waals surface area (Å²) in [6, 6.07) is 13.9. The van der Waals surface area contributed by atoms with Crippen LogP contribution in [0, 0.1) is 18.3 Å². The molecule has 0 radical (unpaired) electrons. The summed E-state index contributed by atoms with van der Waals surface area (Å²) in [6.07, 6.45) is 11.3. The largest absolute Gasteiger partial charge is 0.481 e. The molecule has 1 aliphatic carbocycles. The molecular formula is C88H129N12O25PS. The van der Waals surface area contributed by atoms with Crippen molar-refractivity contribution < 1.29 is 120 Å². The minimum atomic E-state index is -4.77. The number of hydrogen-bond donors (Lipinski definition) is 14. The van der Waals surface area contributed by atoms with E-state index in [0.29, 0.717) is 81.1 Å². The van der Waals surface area contributed by atoms with Gasteiger partial charge in [0.25, 0.3) is 0 Å². The average Bonchev–Trinajstić information content (AvgIpc) is 1.63. The molecule has 0 bridgehead atoms. The molecule has 1 aromatic heterocycles. The van der Waals surface area contributed by atoms with E-state index in [0.717, 1.165) is 41.1 Å². The number of carbonyl (C=O) groups excluding carboxylic acids is 15. The fraction of sp³-hybridized carbons (Fsp3) is 0.602. The molecule has 702 valence electrons. The molecule has 1 saturated carbocycles. The van der Waals surface area contributed by atoms with E-state index in [2.05, 4.69) is 47.5 Å². The van der Waals surface area contributed by atoms with Crippen LogP contribution in [0.4, 0.5) is 16.2 Å². The third kappa shape index (κ3) is 44.1. The van der Waals surface area contributed by atoms with Crippen molar-refractivity contribution in [1.82, 2.24) is 41.8 Å². The molecular weight excluding hydrogens is 1690 g/mol. The zero-order chi connectivity index (χ0) is 93.0. The Morgan fingerprint density at radius 3 is 1.87 bits per heavy atom. The Labute approximate surface area is 745 Å². The number of likely N-dealkylation sites (tertiary alicyclic amines) is 1. The number of hydrogen-bond acceptors (Lipinski definition) is 25. The third-order valence-corrected chi connectivity index (χ3v) is 24.3. The second-order valence-electron chi connectivity index (χ2n) is 32.1. The monoisotopic (exact) mass is 1820 g/mol. The molecule has 127 heavy (non-hydrogen) atoms. The van der Waals surface area contributed by atoms with E-state index in [-0.39, 0.29) is 242 Å². The normalized spacial score (nSPS) is 15.2. The number of urea groups is 1. The predicted octanol–water partition coefficient (Wildman–Crippen LogP) is 5.82. The number of aromatic nitrogens is 1. The highest BCUT2D eigenvalue weighted by atomic mass is 32.2. The smallest absolute Gasteiger partial charge is 0.356 e. The molecule has 2 aliphatic rings. The highest BCUT2D eigenvalue weighted by molar-refractivity contribution is 8.00. The van der Waals surface area contributed by atoms with E-state index in [1.807, 2.05) is 25.1 Å². The zero-order valence-corrected chi connectivity index (χ0v) is 74.6. The molecule has 3 aromatic rings. The summed E-state index contributed by atoms with van der Waals surface area (Å²) in [5.74, 6) is -8.06. The Morgan fingerprint density at radius 1 is 0.630 bits per heavy atom. The second kappa shape index (κ2) is 59.3. The van der Waals surface area contributed by atoms with E-state index in [4.69, 9.17) is 30.4 Å². The average molecular weight is 1820 g/mol. The van der Waals surface area contributed by atoms with Gasteiger partial charge in [0, 0.05) is 158 Å². The van der Waals surface area contributed by atoms with Gasteiger partial charge in [-0.3, -0.25) is 86.4 Å². The number of anilines is 2. The van der Waals surface area contributed by atoms with Crippen molar-refractivity contribution in [3.8, 4) is 0 Å². The summed E-state index contributed by atoms with van der Waals surface area (Å²) < 4.78 is 33.8. The Bertz CT molecular complexity index is 4170. The number of imide groups is 1. The first kappa shape index (κ1) is 108. The van der Waals surface area contributed by atoms with Gasteiger partial charge in [-0.05, 0) is 151 Å². The topological polar surface area (TPSA) is 572 Å². The lowest BCUT2D eigenvalue weighted by atomic mass is 9.69. The van der Waals surface area contributed by atoms with Gasteiger partial charge in [-0.1, -0.05) is 62.1 Å². The van der Waals surface area contributed by atoms with E-state index < -0.39 is 113 Å². The number of Topliss-reactive ketones (excluding diaryl/α,β-unsaturated/α-hetero) is 5. The number of nitrogens with one attached hydrogen (secondary N) is 8. The van der Waals surface area contributed by atoms with Gasteiger partial charge in [0.05, 0.1) is 68.9 Å². The quantitative estimate of drug-likeness (QED) is 0.0137. The van der Waals surface area contributed by atoms with Crippen LogP contribution in [0.25, 0.3) is 6.08 Å². The number of para-hydroxylation sites is 1. The number of carboxylic acids is 1. The van der Waals surface area contributed by atoms with E-state index in [9.17, 15) is 101 Å². The summed E-state index contributed by atoms with van der Waals surface area (Å²) in [6.45, 7) is 4.83. The maximum absolute atomic E-state index is 14.6. The van der Waals surface area contributed by atoms with Crippen LogP contribution in [0.1, 0.15) is 210 Å². The number of aliphatic hydroxyl groups is 1. The molecule has 2 heterocycles. The number of carbonyl (C=O) groups is 16. The SMILES string of the molecule is Cc1ccccc1NC(=O)Nc1ccc(CC(=O)C[C@@H](CCCCNC(=O)/C=C/c2cccnc2)C(=O)N[C@@H](CCCC(=O)O)C(=O)CC2(C(=O)NCCOCCOCCCC(=O)CCC(=O)NCCOCCOCCCC(=O)CCC(=O)N[C@@H](CCCCNC(=O)[C@H](N)CSC3CC(=O)N(CC(=O)CCCCC(C)(O)P(=O)(O)O)C3=O)C(N)=O)CCCCC2)cc1. The van der Waals surface area contributed by atoms with E-state index in [1.165, 1.54) is 6.08 Å². The van der Waals surface area contributed by atoms with Crippen LogP contribution in [-0.2, 0) is 102 Å². The van der Waals surface area contributed by atoms with Gasteiger partial charge in [0.15, 0.2) is 16.9 Å². The van der Waals surface area contributed by atoms with Crippen molar-refractivity contribution >= 4 is 131 Å². The maximum Gasteiger partial charge on any atom is 0.356 e. The first-order valence-electron chi connectivity index (χ1n) is 43.6. The van der Waals surface area contributed by atoms with Crippen LogP contribution < -0.4 is 54.0 Å². The van der Waals surface area contributed by atoms with Crippen LogP contribution in [0.5, 0.6) is 0 Å². The molecule has 6 atom stereocenters. The van der Waals surface area contributed by atoms with Gasteiger partial charge in [-0.25, -0.2) is 4.79 Å². The van der Waals surface area contributed by atoms with E-state index >= 15 is 0 Å². The number of aliphatic carboxylic acids is 1. The number of nitrogens with two attached hydrogens (primary N) is 2. The molecule has 0 spiro atoms. The first-order valence-corrected chi connectivity index (χ1v) is 46.2. The van der Waals surface area contributed by atoms with Gasteiger partial charge in [0.1, 0.15) is 23.4 Å². The molecule has 37 nitrogen and oxygen atoms in total. The van der Waals surface area contributed by atoms with Crippen LogP contribution in [-0.4, -0.2) is 244 Å². The maximum atomic E-state index is 14.6. The predicted molar refractivity (Wildman–Crippen MR) is 472 cm³/mol. The number of thioether (sulfide) groups is 1. The van der Waals surface area contributed by atoms with Crippen molar-refractivity contribution in [2.45, 2.75) is 235 Å². The van der Waals surface area contributed by atoms with Gasteiger partial charge in [-0.2, -0.15) is 0 Å². The lowest BCUT2D eigenvalue weighted by Gasteiger charge is -2.36. The molecule has 1 aliphatic heterocycles. The lowest BCUT2D eigenvalue weighted by molar-refractivity contribution is -0.142. The molecule has 2 aromatic carbocycles. The molecule has 1 saturated heterocycles. The fourth-order valence-corrected chi connectivity index (χ4v) is 15.6. The number of carboxylic acid groups (broad SMARTS) is 1. The van der Waals surface area contributed by atoms with Crippen molar-refractivity contribution in [2.24, 2.45) is 22.8 Å². The number of pyridine rings is 1. The zero-order valence-electron chi connectivity index (χ0n) is 72.8. The minimum absolute atomic E-state index is 0.00341. The number of benzene rings is 2. The van der Waals surface area contributed by atoms with Gasteiger partial charge in [0.2, 0.25) is 53.2 Å². The molecule has 16 N–H and O–H groups in total. The van der Waals surface area contributed by atoms with E-state index in [1.54, 1.807) is 60.9 Å². The summed E-state index contributed by atoms with van der Waals surface area (Å²) in [7, 11) is -4.77. The summed E-state index contributed by atoms with van der Waals surface area (Å²) in [5, 5.41) is 38.6. The fourth-order valence-electron chi connectivity index (χ4n) is 14.0. The molecule has 2 unspecified atom stereocenters. The standard InChI is InChI=1S/C88H129N12O25PS/c1-61-18-4-5-24-71(61)99-86(117)96-65-31-28-62(29-32-65)54-69(104)55-64(20-7-12-42-92-76(106)35-30-63-19-15-41-91-58-63)82(113)98-72(26-14-27-80(110)111)74(105)57-88(39-9-3-10-40-88)85(116)95-45-49-125-53-51-123-46-16-22-66(101)33-36-77(107)93-44-48-124-52-50-122-47-17-23-67(102)34-37-78(108)97-73(81(90)112)25-8-13-43-94-83(114)70(89)60-127-75-56-79(109)100(84(75)115)59-68(103)21-6-11-38-87(2,118)126(119,120)121/h4-5,15,18-19,24,28-32,35,41,58,64,70,72-73,75,118H,3,6-14,16-17,20-23,25-27,33-34,36-40,42-57,59-60,89H2,1-2H3,(H2,90,112)(H,92,106)(H,93,107)(H,94,114)(H,95,116)(H,97,108)(H,98,113)(H,110,111)(H2,96,99,117)(H2,119,120,121)/b35-30+/t64-,70-,72+,73+,75?,87?/m1/s1.